The van der Waals surface area contributed by atoms with Gasteiger partial charge in [-0.25, -0.2) is 0 Å². The van der Waals surface area contributed by atoms with Crippen molar-refractivity contribution in [3.63, 3.8) is 0 Å². The molecule has 0 aliphatic heterocycles. The van der Waals surface area contributed by atoms with Gasteiger partial charge in [0.1, 0.15) is 23.5 Å². The summed E-state index contributed by atoms with van der Waals surface area (Å²) in [5.41, 5.74) is 58.3. The molecule has 0 aromatic heterocycles. The molecule has 0 unspecified atom stereocenters. The third-order valence-corrected chi connectivity index (χ3v) is 32.7. The smallest absolute Gasteiger partial charge is 0.113 e. The number of rotatable bonds is 3. The molecule has 0 N–H and O–H groups in total. The minimum atomic E-state index is -0.0908. The Labute approximate surface area is 837 Å². The van der Waals surface area contributed by atoms with Crippen LogP contribution in [0.3, 0.4) is 0 Å². The van der Waals surface area contributed by atoms with Crippen LogP contribution in [0.15, 0.2) is 182 Å². The predicted molar refractivity (Wildman–Crippen MR) is 529 cm³/mol. The zero-order valence-corrected chi connectivity index (χ0v) is 87.3. The van der Waals surface area contributed by atoms with Crippen molar-refractivity contribution in [1.29, 1.82) is 0 Å². The molecule has 12 aliphatic carbocycles. The van der Waals surface area contributed by atoms with Crippen molar-refractivity contribution in [2.45, 2.75) is 268 Å². The standard InChI is InChI=1S/C46H43B.C37H35B.C28H27B.3C3H6.3Y/c1-43(2)35-16-25(24-10-9-11-24)12-14-27(35)29-18-39-31(20-37(29)43)33-22-42-34(23-41(33)45(39,5)6)32-21-38-30(19-40(32)46(42,7)8)28-15-13-26(47)17-36(28)44(38,3)4;1-35(2)29-14-21(20-8-7-9-20)10-12-23(29)25-16-33-27(18-31(25)35)28-19-32-26(17-34(28)37(33,5)6)24-13-11-22(38)15-30(24)36(32,3)4;1-27(2)23-12-17(16-6-5-7-16)8-10-19(23)21-14-26-22(15-25(21)27)20-11-9-18(29)13-24(20)28(26,3)4;3*1-3-2;;;/h12-24H,9-11H2,1-8H3;10-20H,7-9H2,1-6H3;8-16H,5-7H2,1-4H3;3*1-3H2;;;/q;;;3*-2;;;. The van der Waals surface area contributed by atoms with Crippen molar-refractivity contribution in [3.8, 4) is 100 Å². The summed E-state index contributed by atoms with van der Waals surface area (Å²) >= 11 is 0. The van der Waals surface area contributed by atoms with Crippen LogP contribution in [0, 0.1) is 41.5 Å². The topological polar surface area (TPSA) is 0 Å². The first-order chi connectivity index (χ1) is 58.2. The van der Waals surface area contributed by atoms with E-state index in [0.29, 0.717) is 0 Å². The van der Waals surface area contributed by atoms with Gasteiger partial charge in [-0.15, -0.1) is 0 Å². The van der Waals surface area contributed by atoms with Crippen LogP contribution in [-0.4, -0.2) is 23.5 Å². The minimum Gasteiger partial charge on any atom is -0.372 e. The van der Waals surface area contributed by atoms with E-state index in [-0.39, 0.29) is 147 Å². The number of hydrogen-bond donors (Lipinski definition) is 0. The van der Waals surface area contributed by atoms with Crippen LogP contribution in [-0.2, 0) is 147 Å². The van der Waals surface area contributed by atoms with Crippen LogP contribution >= 0.6 is 0 Å². The van der Waals surface area contributed by atoms with E-state index in [2.05, 4.69) is 342 Å². The van der Waals surface area contributed by atoms with Crippen LogP contribution < -0.4 is 16.4 Å². The fraction of sp³-hybridized carbons (Fsp3) is 0.350. The molecular weight excluding hydrogens is 1740 g/mol. The summed E-state index contributed by atoms with van der Waals surface area (Å²) in [6, 6.07) is 72.0. The molecule has 126 heavy (non-hydrogen) atoms. The van der Waals surface area contributed by atoms with Gasteiger partial charge in [0.25, 0.3) is 0 Å². The zero-order chi connectivity index (χ0) is 87.2. The molecule has 3 saturated carbocycles. The van der Waals surface area contributed by atoms with Gasteiger partial charge in [-0.3, -0.25) is 0 Å². The molecule has 9 radical (unpaired) electrons. The number of fused-ring (bicyclic) bond motifs is 27. The fourth-order valence-electron chi connectivity index (χ4n) is 24.7. The van der Waals surface area contributed by atoms with Gasteiger partial charge >= 0.3 is 0 Å². The summed E-state index contributed by atoms with van der Waals surface area (Å²) < 4.78 is 0. The van der Waals surface area contributed by atoms with Gasteiger partial charge in [0.15, 0.2) is 0 Å². The third-order valence-electron chi connectivity index (χ3n) is 32.7. The summed E-state index contributed by atoms with van der Waals surface area (Å²) in [4.78, 5) is 0. The van der Waals surface area contributed by atoms with Crippen molar-refractivity contribution >= 4 is 39.9 Å². The van der Waals surface area contributed by atoms with E-state index >= 15 is 0 Å². The van der Waals surface area contributed by atoms with Gasteiger partial charge in [-0.05, 0) is 346 Å². The van der Waals surface area contributed by atoms with E-state index in [1.54, 1.807) is 16.7 Å². The van der Waals surface area contributed by atoms with E-state index < -0.39 is 0 Å². The minimum absolute atomic E-state index is 0. The van der Waals surface area contributed by atoms with Crippen LogP contribution in [0.4, 0.5) is 0 Å². The Morgan fingerprint density at radius 2 is 0.310 bits per heavy atom. The normalized spacial score (nSPS) is 18.7. The average Bonchev–Trinajstić information content (AvgIpc) is 1.53. The van der Waals surface area contributed by atoms with E-state index in [1.807, 2.05) is 6.07 Å². The van der Waals surface area contributed by atoms with Crippen LogP contribution in [0.5, 0.6) is 0 Å². The first kappa shape index (κ1) is 93.4. The summed E-state index contributed by atoms with van der Waals surface area (Å²) in [5.74, 6) is 2.30. The molecule has 12 aromatic rings. The Kier molecular flexibility index (Phi) is 24.3. The van der Waals surface area contributed by atoms with Crippen LogP contribution in [0.2, 0.25) is 0 Å². The molecule has 12 aromatic carbocycles. The summed E-state index contributed by atoms with van der Waals surface area (Å²) in [5, 5.41) is 0. The molecule has 0 atom stereocenters. The second-order valence-electron chi connectivity index (χ2n) is 43.1. The van der Waals surface area contributed by atoms with Crippen LogP contribution in [0.25, 0.3) is 100 Å². The van der Waals surface area contributed by atoms with E-state index in [4.69, 9.17) is 23.5 Å². The van der Waals surface area contributed by atoms with Gasteiger partial charge in [0, 0.05) is 147 Å². The van der Waals surface area contributed by atoms with Crippen molar-refractivity contribution in [3.05, 3.63) is 340 Å². The van der Waals surface area contributed by atoms with Gasteiger partial charge in [-0.1, -0.05) is 269 Å². The molecular formula is C120H123B3Y3-6. The molecule has 0 heterocycles. The second-order valence-corrected chi connectivity index (χ2v) is 43.1. The second kappa shape index (κ2) is 32.8. The van der Waals surface area contributed by atoms with Gasteiger partial charge < -0.3 is 60.8 Å². The van der Waals surface area contributed by atoms with Crippen LogP contribution in [0.1, 0.15) is 336 Å². The molecule has 0 nitrogen and oxygen atoms in total. The largest absolute Gasteiger partial charge is 0.372 e. The molecule has 0 saturated heterocycles. The molecule has 24 rings (SSSR count). The molecule has 627 valence electrons. The summed E-state index contributed by atoms with van der Waals surface area (Å²) in [6.45, 7) is 63.5. The first-order valence-electron chi connectivity index (χ1n) is 46.3. The summed E-state index contributed by atoms with van der Waals surface area (Å²) in [7, 11) is 18.7. The molecule has 0 amide bonds. The quantitative estimate of drug-likeness (QED) is 0.122. The van der Waals surface area contributed by atoms with Crippen molar-refractivity contribution in [2.75, 3.05) is 0 Å². The number of benzene rings is 12. The van der Waals surface area contributed by atoms with Crippen molar-refractivity contribution in [1.82, 2.24) is 0 Å². The van der Waals surface area contributed by atoms with Gasteiger partial charge in [0.2, 0.25) is 0 Å². The maximum absolute atomic E-state index is 6.30. The Bertz CT molecular complexity index is 6480. The van der Waals surface area contributed by atoms with Crippen molar-refractivity contribution in [2.24, 2.45) is 0 Å². The van der Waals surface area contributed by atoms with Crippen molar-refractivity contribution < 1.29 is 98.1 Å². The summed E-state index contributed by atoms with van der Waals surface area (Å²) in [6.07, 6.45) is 14.5. The maximum Gasteiger partial charge on any atom is 0.113 e. The SMILES string of the molecule is [B]c1ccc2c(c1)C(C)(C)c1cc3c(cc1-2)C(C)(C)c1cc(C2CCC2)ccc1-3.[B]c1ccc2c(c1)C(C)(C)c1cc3c(cc1-2)C(C)(C)c1cc2c(cc1-3)C(C)(C)c1cc(C3CCC3)ccc1-2.[B]c1ccc2c(c1)C(C)(C)c1cc3c(cc1-2)C(C)(C)c1cc2c(cc1-3)C(C)(C)c1cc3c(cc1-2)C(C)(C)c1cc(C2CCC2)ccc1-3.[CH2-]C[CH2-].[CH2-]C[CH2-].[CH2-]C[CH2-].[Y].[Y].[Y]. The van der Waals surface area contributed by atoms with E-state index in [0.717, 1.165) is 53.4 Å². The molecule has 0 bridgehead atoms. The Morgan fingerprint density at radius 1 is 0.190 bits per heavy atom. The van der Waals surface area contributed by atoms with Gasteiger partial charge in [-0.2, -0.15) is 0 Å². The van der Waals surface area contributed by atoms with E-state index in [1.165, 1.54) is 258 Å². The predicted octanol–water partition coefficient (Wildman–Crippen LogP) is 29.1. The molecule has 3 fully saturated rings. The Balaban J connectivity index is 0.000000134. The monoisotopic (exact) mass is 1860 g/mol. The average molecular weight is 1860 g/mol. The number of hydrogen-bond acceptors (Lipinski definition) is 0. The van der Waals surface area contributed by atoms with Gasteiger partial charge in [0.05, 0.1) is 0 Å². The van der Waals surface area contributed by atoms with E-state index in [9.17, 15) is 0 Å². The molecule has 12 aliphatic rings. The molecule has 0 spiro atoms. The zero-order valence-electron chi connectivity index (χ0n) is 78.7. The molecule has 6 heteroatoms. The maximum atomic E-state index is 6.30. The Morgan fingerprint density at radius 3 is 0.444 bits per heavy atom. The Hall–Kier alpha value is -5.85. The fourth-order valence-corrected chi connectivity index (χ4v) is 24.7. The first-order valence-corrected chi connectivity index (χ1v) is 46.3. The third kappa shape index (κ3) is 13.9.